The van der Waals surface area contributed by atoms with Gasteiger partial charge in [-0.15, -0.1) is 0 Å². The van der Waals surface area contributed by atoms with Crippen molar-refractivity contribution in [3.8, 4) is 0 Å². The van der Waals surface area contributed by atoms with Crippen molar-refractivity contribution in [2.75, 3.05) is 13.6 Å². The minimum Gasteiger partial charge on any atom is -0.320 e. The molecule has 1 aromatic rings. The first-order valence-corrected chi connectivity index (χ1v) is 3.27. The molecule has 1 aromatic heterocycles. The Bertz CT molecular complexity index is 134. The van der Waals surface area contributed by atoms with Crippen molar-refractivity contribution in [3.63, 3.8) is 0 Å². The van der Waals surface area contributed by atoms with Gasteiger partial charge < -0.3 is 10.4 Å². The Morgan fingerprint density at radius 1 is 1.67 bits per heavy atom. The van der Waals surface area contributed by atoms with Crippen molar-refractivity contribution < 1.29 is 0 Å². The first-order chi connectivity index (χ1) is 4.43. The van der Waals surface area contributed by atoms with Gasteiger partial charge in [-0.1, -0.05) is 0 Å². The third-order valence-electron chi connectivity index (χ3n) is 1.32. The predicted octanol–water partition coefficient (Wildman–Crippen LogP) is 0.426. The zero-order valence-corrected chi connectivity index (χ0v) is 5.72. The molecule has 0 amide bonds. The van der Waals surface area contributed by atoms with Crippen LogP contribution in [0.25, 0.3) is 0 Å². The number of nitrogens with zero attached hydrogens (tertiary/aromatic N) is 1. The van der Waals surface area contributed by atoms with E-state index in [1.54, 1.807) is 0 Å². The van der Waals surface area contributed by atoms with Gasteiger partial charge in [-0.25, -0.2) is 0 Å². The second kappa shape index (κ2) is 3.35. The maximum atomic E-state index is 3.09. The molecule has 3 heteroatoms. The molecule has 1 rings (SSSR count). The summed E-state index contributed by atoms with van der Waals surface area (Å²) in [7, 11) is 1.97. The van der Waals surface area contributed by atoms with Gasteiger partial charge in [-0.2, -0.15) is 0 Å². The molecule has 0 unspecified atom stereocenters. The quantitative estimate of drug-likeness (QED) is 0.565. The van der Waals surface area contributed by atoms with E-state index in [-0.39, 0.29) is 0 Å². The molecule has 0 saturated heterocycles. The highest BCUT2D eigenvalue weighted by Crippen LogP contribution is 1.87. The molecule has 0 aromatic carbocycles. The van der Waals surface area contributed by atoms with Gasteiger partial charge in [0.25, 0.3) is 0 Å². The van der Waals surface area contributed by atoms with E-state index in [1.807, 2.05) is 19.4 Å². The zero-order chi connectivity index (χ0) is 6.53. The minimum atomic E-state index is 1.09. The molecule has 2 N–H and O–H groups in total. The summed E-state index contributed by atoms with van der Waals surface area (Å²) in [4.78, 5) is 0. The van der Waals surface area contributed by atoms with Gasteiger partial charge in [0.2, 0.25) is 0 Å². The van der Waals surface area contributed by atoms with Gasteiger partial charge in [-0.3, -0.25) is 4.68 Å². The number of nitrogens with one attached hydrogen (secondary N) is 2. The van der Waals surface area contributed by atoms with Gasteiger partial charge in [0.1, 0.15) is 0 Å². The first-order valence-electron chi connectivity index (χ1n) is 3.27. The summed E-state index contributed by atoms with van der Waals surface area (Å²) in [6.45, 7) is 2.18. The molecule has 0 aliphatic heterocycles. The molecule has 0 spiro atoms. The Labute approximate surface area is 55.0 Å². The van der Waals surface area contributed by atoms with E-state index in [1.165, 1.54) is 6.42 Å². The largest absolute Gasteiger partial charge is 0.320 e. The lowest BCUT2D eigenvalue weighted by Crippen LogP contribution is -2.13. The molecule has 52 valence electrons. The number of hydrogen-bond acceptors (Lipinski definition) is 1. The molecule has 0 aliphatic rings. The average molecular weight is 127 g/mol. The molecule has 0 atom stereocenters. The van der Waals surface area contributed by atoms with E-state index in [2.05, 4.69) is 15.1 Å². The van der Waals surface area contributed by atoms with Gasteiger partial charge in [-0.05, 0) is 20.0 Å². The molecule has 0 saturated carbocycles. The fourth-order valence-electron chi connectivity index (χ4n) is 0.745. The maximum Gasteiger partial charge on any atom is 0.0399 e. The predicted molar refractivity (Wildman–Crippen MR) is 37.3 cm³/mol. The van der Waals surface area contributed by atoms with Crippen LogP contribution in [0.1, 0.15) is 6.42 Å². The van der Waals surface area contributed by atoms with Crippen molar-refractivity contribution in [2.45, 2.75) is 13.0 Å². The zero-order valence-electron chi connectivity index (χ0n) is 5.72. The Hall–Kier alpha value is -0.700. The van der Waals surface area contributed by atoms with Crippen molar-refractivity contribution in [1.82, 2.24) is 15.1 Å². The molecule has 1 heterocycles. The summed E-state index contributed by atoms with van der Waals surface area (Å²) < 4.78 is 2.07. The first kappa shape index (κ1) is 6.42. The molecule has 9 heavy (non-hydrogen) atoms. The summed E-state index contributed by atoms with van der Waals surface area (Å²) >= 11 is 0. The van der Waals surface area contributed by atoms with Crippen LogP contribution in [0.3, 0.4) is 0 Å². The number of hydrogen-bond donors (Lipinski definition) is 2. The second-order valence-electron chi connectivity index (χ2n) is 2.10. The van der Waals surface area contributed by atoms with Crippen LogP contribution >= 0.6 is 0 Å². The lowest BCUT2D eigenvalue weighted by atomic mass is 10.4. The normalized spacial score (nSPS) is 10.3. The number of aryl methyl sites for hydroxylation is 1. The number of H-pyrrole nitrogens is 1. The van der Waals surface area contributed by atoms with E-state index >= 15 is 0 Å². The highest BCUT2D eigenvalue weighted by atomic mass is 15.3. The van der Waals surface area contributed by atoms with Crippen LogP contribution in [0.15, 0.2) is 12.4 Å². The van der Waals surface area contributed by atoms with Gasteiger partial charge in [0.05, 0.1) is 0 Å². The highest BCUT2D eigenvalue weighted by Gasteiger charge is 1.87. The van der Waals surface area contributed by atoms with Crippen molar-refractivity contribution >= 4 is 0 Å². The van der Waals surface area contributed by atoms with E-state index < -0.39 is 0 Å². The average Bonchev–Trinajstić information content (AvgIpc) is 1.76. The smallest absolute Gasteiger partial charge is 0.0399 e. The summed E-state index contributed by atoms with van der Waals surface area (Å²) in [6.07, 6.45) is 5.16. The lowest BCUT2D eigenvalue weighted by molar-refractivity contribution is 0.528. The highest BCUT2D eigenvalue weighted by molar-refractivity contribution is 4.69. The van der Waals surface area contributed by atoms with Crippen LogP contribution in [0.4, 0.5) is 0 Å². The Morgan fingerprint density at radius 2 is 2.44 bits per heavy atom. The molecule has 0 radical (unpaired) electrons. The minimum absolute atomic E-state index is 1.09. The topological polar surface area (TPSA) is 32.8 Å². The van der Waals surface area contributed by atoms with Crippen molar-refractivity contribution in [3.05, 3.63) is 12.4 Å². The van der Waals surface area contributed by atoms with Crippen LogP contribution < -0.4 is 5.32 Å². The monoisotopic (exact) mass is 127 g/mol. The fraction of sp³-hybridized carbons (Fsp3) is 0.667. The van der Waals surface area contributed by atoms with Crippen LogP contribution in [-0.2, 0) is 6.54 Å². The van der Waals surface area contributed by atoms with Crippen LogP contribution in [0.5, 0.6) is 0 Å². The van der Waals surface area contributed by atoms with Gasteiger partial charge >= 0.3 is 0 Å². The summed E-state index contributed by atoms with van der Waals surface area (Å²) in [6, 6.07) is 0. The lowest BCUT2D eigenvalue weighted by Gasteiger charge is -2.07. The van der Waals surface area contributed by atoms with Crippen molar-refractivity contribution in [1.29, 1.82) is 0 Å². The van der Waals surface area contributed by atoms with E-state index in [4.69, 9.17) is 0 Å². The molecule has 3 nitrogen and oxygen atoms in total. The Morgan fingerprint density at radius 3 is 2.89 bits per heavy atom. The Kier molecular flexibility index (Phi) is 2.39. The molecule has 0 fully saturated rings. The molecular weight excluding hydrogens is 114 g/mol. The molecular formula is C6H13N3. The van der Waals surface area contributed by atoms with Crippen molar-refractivity contribution in [2.24, 2.45) is 0 Å². The van der Waals surface area contributed by atoms with Crippen LogP contribution in [0.2, 0.25) is 0 Å². The number of aromatic nitrogens is 2. The standard InChI is InChI=1S/C6H13N3/c1-7-3-2-5-9-6-4-8-9/h4,6-8H,2-3,5H2,1H3. The van der Waals surface area contributed by atoms with E-state index in [9.17, 15) is 0 Å². The van der Waals surface area contributed by atoms with E-state index in [0.29, 0.717) is 0 Å². The summed E-state index contributed by atoms with van der Waals surface area (Å²) in [5.74, 6) is 0. The summed E-state index contributed by atoms with van der Waals surface area (Å²) in [5.41, 5.74) is 0. The molecule has 0 aliphatic carbocycles. The van der Waals surface area contributed by atoms with Crippen LogP contribution in [-0.4, -0.2) is 23.4 Å². The summed E-state index contributed by atoms with van der Waals surface area (Å²) in [5, 5.41) is 6.12. The number of aromatic amines is 1. The third-order valence-corrected chi connectivity index (χ3v) is 1.32. The van der Waals surface area contributed by atoms with E-state index in [0.717, 1.165) is 13.1 Å². The third kappa shape index (κ3) is 1.93. The second-order valence-corrected chi connectivity index (χ2v) is 2.10. The SMILES string of the molecule is CNCCCn1cc[nH]1. The molecule has 0 bridgehead atoms. The Balaban J connectivity index is 1.98. The number of rotatable bonds is 4. The fourth-order valence-corrected chi connectivity index (χ4v) is 0.745. The maximum absolute atomic E-state index is 3.09. The van der Waals surface area contributed by atoms with Crippen LogP contribution in [0, 0.1) is 0 Å². The van der Waals surface area contributed by atoms with Gasteiger partial charge in [0, 0.05) is 18.9 Å². The van der Waals surface area contributed by atoms with Gasteiger partial charge in [0.15, 0.2) is 0 Å².